The molecule has 0 bridgehead atoms. The van der Waals surface area contributed by atoms with Crippen molar-refractivity contribution in [3.05, 3.63) is 66.6 Å². The van der Waals surface area contributed by atoms with Gasteiger partial charge in [-0.15, -0.1) is 0 Å². The molecule has 1 nitrogen and oxygen atoms in total. The summed E-state index contributed by atoms with van der Waals surface area (Å²) in [6, 6.07) is 5.62. The average Bonchev–Trinajstić information content (AvgIpc) is 2.45. The van der Waals surface area contributed by atoms with E-state index in [0.717, 1.165) is 10.0 Å². The molecule has 0 radical (unpaired) electrons. The molecule has 2 N–H and O–H groups in total. The summed E-state index contributed by atoms with van der Waals surface area (Å²) in [6.45, 7) is 10.8. The van der Waals surface area contributed by atoms with Gasteiger partial charge in [0, 0.05) is 9.50 Å². The van der Waals surface area contributed by atoms with Crippen LogP contribution in [0, 0.1) is 34.6 Å². The highest BCUT2D eigenvalue weighted by Gasteiger charge is 2.20. The van der Waals surface area contributed by atoms with Crippen LogP contribution in [-0.4, -0.2) is 0 Å². The minimum Gasteiger partial charge on any atom is -0.320 e. The molecule has 0 saturated carbocycles. The lowest BCUT2D eigenvalue weighted by molar-refractivity contribution is 0.842. The van der Waals surface area contributed by atoms with Crippen LogP contribution in [0.25, 0.3) is 0 Å². The summed E-state index contributed by atoms with van der Waals surface area (Å²) in [5.74, 6) is 0. The van der Waals surface area contributed by atoms with Gasteiger partial charge < -0.3 is 5.73 Å². The Kier molecular flexibility index (Phi) is 4.82. The number of rotatable bonds is 2. The molecule has 2 aromatic rings. The molecule has 0 amide bonds. The lowest BCUT2D eigenvalue weighted by Crippen LogP contribution is -2.17. The lowest BCUT2D eigenvalue weighted by atomic mass is 9.84. The van der Waals surface area contributed by atoms with Crippen molar-refractivity contribution in [1.82, 2.24) is 0 Å². The van der Waals surface area contributed by atoms with E-state index in [2.05, 4.69) is 50.5 Å². The number of hydrogen-bond donors (Lipinski definition) is 1. The van der Waals surface area contributed by atoms with Gasteiger partial charge >= 0.3 is 0 Å². The third-order valence-electron chi connectivity index (χ3n) is 4.66. The van der Waals surface area contributed by atoms with E-state index in [4.69, 9.17) is 17.3 Å². The van der Waals surface area contributed by atoms with Crippen molar-refractivity contribution in [1.29, 1.82) is 0 Å². The van der Waals surface area contributed by atoms with Gasteiger partial charge in [-0.3, -0.25) is 0 Å². The SMILES string of the molecule is Cc1c(C)c(C)c(C(N)c2cc(Br)ccc2Cl)c(C)c1C. The topological polar surface area (TPSA) is 26.0 Å². The molecule has 2 rings (SSSR count). The van der Waals surface area contributed by atoms with Crippen molar-refractivity contribution in [2.24, 2.45) is 5.73 Å². The smallest absolute Gasteiger partial charge is 0.0572 e. The monoisotopic (exact) mass is 365 g/mol. The lowest BCUT2D eigenvalue weighted by Gasteiger charge is -2.24. The third-order valence-corrected chi connectivity index (χ3v) is 5.50. The van der Waals surface area contributed by atoms with E-state index < -0.39 is 0 Å². The molecule has 2 aromatic carbocycles. The Labute approximate surface area is 140 Å². The van der Waals surface area contributed by atoms with Crippen LogP contribution in [-0.2, 0) is 0 Å². The van der Waals surface area contributed by atoms with Gasteiger partial charge in [-0.2, -0.15) is 0 Å². The molecule has 1 atom stereocenters. The summed E-state index contributed by atoms with van der Waals surface area (Å²) >= 11 is 9.86. The first-order valence-corrected chi connectivity index (χ1v) is 8.20. The Morgan fingerprint density at radius 2 is 1.38 bits per heavy atom. The molecule has 112 valence electrons. The molecule has 0 spiro atoms. The number of nitrogens with two attached hydrogens (primary N) is 1. The van der Waals surface area contributed by atoms with E-state index >= 15 is 0 Å². The van der Waals surface area contributed by atoms with E-state index in [1.54, 1.807) is 0 Å². The van der Waals surface area contributed by atoms with Gasteiger partial charge in [0.15, 0.2) is 0 Å². The molecule has 0 aliphatic heterocycles. The molecule has 3 heteroatoms. The van der Waals surface area contributed by atoms with Crippen molar-refractivity contribution in [3.63, 3.8) is 0 Å². The third kappa shape index (κ3) is 2.90. The molecule has 1 unspecified atom stereocenters. The maximum atomic E-state index is 6.57. The summed E-state index contributed by atoms with van der Waals surface area (Å²) in [6.07, 6.45) is 0. The van der Waals surface area contributed by atoms with E-state index in [-0.39, 0.29) is 6.04 Å². The fourth-order valence-corrected chi connectivity index (χ4v) is 3.52. The highest BCUT2D eigenvalue weighted by Crippen LogP contribution is 2.35. The highest BCUT2D eigenvalue weighted by molar-refractivity contribution is 9.10. The van der Waals surface area contributed by atoms with Crippen molar-refractivity contribution >= 4 is 27.5 Å². The second-order valence-corrected chi connectivity index (χ2v) is 7.01. The molecule has 0 saturated heterocycles. The zero-order chi connectivity index (χ0) is 15.9. The largest absolute Gasteiger partial charge is 0.320 e. The normalized spacial score (nSPS) is 12.6. The number of halogens is 2. The summed E-state index contributed by atoms with van der Waals surface area (Å²) in [5, 5.41) is 0.709. The van der Waals surface area contributed by atoms with Crippen molar-refractivity contribution in [2.75, 3.05) is 0 Å². The minimum atomic E-state index is -0.215. The first-order valence-electron chi connectivity index (χ1n) is 7.03. The Hall–Kier alpha value is -0.830. The second-order valence-electron chi connectivity index (χ2n) is 5.68. The van der Waals surface area contributed by atoms with Crippen LogP contribution >= 0.6 is 27.5 Å². The van der Waals surface area contributed by atoms with Gasteiger partial charge in [0.1, 0.15) is 0 Å². The van der Waals surface area contributed by atoms with E-state index in [9.17, 15) is 0 Å². The molecular weight excluding hydrogens is 346 g/mol. The predicted molar refractivity (Wildman–Crippen MR) is 95.3 cm³/mol. The second kappa shape index (κ2) is 6.12. The van der Waals surface area contributed by atoms with Gasteiger partial charge in [0.2, 0.25) is 0 Å². The first-order chi connectivity index (χ1) is 9.75. The van der Waals surface area contributed by atoms with E-state index in [0.29, 0.717) is 5.02 Å². The van der Waals surface area contributed by atoms with Crippen LogP contribution in [0.15, 0.2) is 22.7 Å². The van der Waals surface area contributed by atoms with Crippen molar-refractivity contribution in [2.45, 2.75) is 40.7 Å². The van der Waals surface area contributed by atoms with Gasteiger partial charge in [0.25, 0.3) is 0 Å². The Morgan fingerprint density at radius 3 is 1.90 bits per heavy atom. The Balaban J connectivity index is 2.69. The van der Waals surface area contributed by atoms with Crippen LogP contribution in [0.5, 0.6) is 0 Å². The summed E-state index contributed by atoms with van der Waals surface area (Å²) in [4.78, 5) is 0. The van der Waals surface area contributed by atoms with Crippen LogP contribution in [0.1, 0.15) is 45.0 Å². The molecular formula is C18H21BrClN. The summed E-state index contributed by atoms with van der Waals surface area (Å²) in [7, 11) is 0. The fraction of sp³-hybridized carbons (Fsp3) is 0.333. The van der Waals surface area contributed by atoms with E-state index in [1.165, 1.54) is 33.4 Å². The minimum absolute atomic E-state index is 0.215. The molecule has 0 aromatic heterocycles. The first kappa shape index (κ1) is 16.5. The summed E-state index contributed by atoms with van der Waals surface area (Å²) < 4.78 is 0.994. The predicted octanol–water partition coefficient (Wildman–Crippen LogP) is 5.69. The highest BCUT2D eigenvalue weighted by atomic mass is 79.9. The van der Waals surface area contributed by atoms with Crippen molar-refractivity contribution in [3.8, 4) is 0 Å². The quantitative estimate of drug-likeness (QED) is 0.725. The molecule has 21 heavy (non-hydrogen) atoms. The maximum absolute atomic E-state index is 6.57. The zero-order valence-electron chi connectivity index (χ0n) is 13.1. The molecule has 0 aliphatic carbocycles. The molecule has 0 heterocycles. The van der Waals surface area contributed by atoms with Gasteiger partial charge in [-0.1, -0.05) is 27.5 Å². The van der Waals surface area contributed by atoms with Crippen LogP contribution in [0.3, 0.4) is 0 Å². The van der Waals surface area contributed by atoms with Crippen molar-refractivity contribution < 1.29 is 0 Å². The maximum Gasteiger partial charge on any atom is 0.0572 e. The van der Waals surface area contributed by atoms with Crippen LogP contribution in [0.2, 0.25) is 5.02 Å². The van der Waals surface area contributed by atoms with Crippen LogP contribution in [0.4, 0.5) is 0 Å². The average molecular weight is 367 g/mol. The van der Waals surface area contributed by atoms with Crippen LogP contribution < -0.4 is 5.73 Å². The molecule has 0 fully saturated rings. The Morgan fingerprint density at radius 1 is 0.905 bits per heavy atom. The Bertz CT molecular complexity index is 678. The number of hydrogen-bond acceptors (Lipinski definition) is 1. The van der Waals surface area contributed by atoms with E-state index in [1.807, 2.05) is 18.2 Å². The van der Waals surface area contributed by atoms with Gasteiger partial charge in [0.05, 0.1) is 6.04 Å². The van der Waals surface area contributed by atoms with Gasteiger partial charge in [-0.05, 0) is 91.8 Å². The standard InChI is InChI=1S/C18H21BrClN/c1-9-10(2)12(4)17(13(5)11(9)3)18(21)15-8-14(19)6-7-16(15)20/h6-8,18H,21H2,1-5H3. The summed E-state index contributed by atoms with van der Waals surface area (Å²) in [5.41, 5.74) is 15.2. The van der Waals surface area contributed by atoms with Gasteiger partial charge in [-0.25, -0.2) is 0 Å². The fourth-order valence-electron chi connectivity index (χ4n) is 2.90. The zero-order valence-corrected chi connectivity index (χ0v) is 15.5. The number of benzene rings is 2. The molecule has 0 aliphatic rings.